The Hall–Kier alpha value is -1.90. The lowest BCUT2D eigenvalue weighted by Gasteiger charge is -2.06. The number of aromatic nitrogens is 1. The molecule has 1 amide bonds. The van der Waals surface area contributed by atoms with Gasteiger partial charge in [0.25, 0.3) is 5.91 Å². The summed E-state index contributed by atoms with van der Waals surface area (Å²) in [5.74, 6) is -0.0894. The molecule has 1 heterocycles. The van der Waals surface area contributed by atoms with Crippen LogP contribution in [0.3, 0.4) is 0 Å². The van der Waals surface area contributed by atoms with Crippen LogP contribution in [-0.2, 0) is 0 Å². The van der Waals surface area contributed by atoms with Gasteiger partial charge in [-0.1, -0.05) is 11.6 Å². The monoisotopic (exact) mass is 214 g/mol. The number of aryl methyl sites for hydroxylation is 2. The number of carbonyl (C=O) groups is 1. The highest BCUT2D eigenvalue weighted by molar-refractivity contribution is 5.98. The van der Waals surface area contributed by atoms with Crippen molar-refractivity contribution in [1.29, 1.82) is 0 Å². The first-order chi connectivity index (χ1) is 7.61. The van der Waals surface area contributed by atoms with Gasteiger partial charge < -0.3 is 5.32 Å². The molecule has 16 heavy (non-hydrogen) atoms. The molecule has 3 heteroatoms. The van der Waals surface area contributed by atoms with Gasteiger partial charge in [-0.2, -0.15) is 0 Å². The minimum Gasteiger partial charge on any atom is -0.355 e. The molecule has 3 nitrogen and oxygen atoms in total. The van der Waals surface area contributed by atoms with E-state index < -0.39 is 0 Å². The second-order valence-electron chi connectivity index (χ2n) is 3.90. The number of carbonyl (C=O) groups excluding carboxylic acids is 1. The zero-order chi connectivity index (χ0) is 11.7. The van der Waals surface area contributed by atoms with Crippen molar-refractivity contribution in [3.05, 3.63) is 41.1 Å². The highest BCUT2D eigenvalue weighted by atomic mass is 16.1. The maximum Gasteiger partial charge on any atom is 0.252 e. The van der Waals surface area contributed by atoms with Crippen LogP contribution in [-0.4, -0.2) is 17.9 Å². The van der Waals surface area contributed by atoms with Crippen LogP contribution in [0.2, 0.25) is 0 Å². The molecular weight excluding hydrogens is 200 g/mol. The molecule has 1 N–H and O–H groups in total. The average molecular weight is 214 g/mol. The molecule has 0 spiro atoms. The first-order valence-electron chi connectivity index (χ1n) is 5.22. The number of amides is 1. The largest absolute Gasteiger partial charge is 0.355 e. The summed E-state index contributed by atoms with van der Waals surface area (Å²) in [6.45, 7) is 3.88. The third-order valence-corrected chi connectivity index (χ3v) is 2.63. The zero-order valence-corrected chi connectivity index (χ0v) is 9.66. The molecule has 0 saturated carbocycles. The maximum absolute atomic E-state index is 11.6. The van der Waals surface area contributed by atoms with Crippen LogP contribution in [0.1, 0.15) is 21.6 Å². The summed E-state index contributed by atoms with van der Waals surface area (Å²) < 4.78 is 0. The van der Waals surface area contributed by atoms with Crippen LogP contribution in [0.4, 0.5) is 0 Å². The van der Waals surface area contributed by atoms with Crippen LogP contribution in [0.15, 0.2) is 24.3 Å². The van der Waals surface area contributed by atoms with Crippen LogP contribution in [0.5, 0.6) is 0 Å². The van der Waals surface area contributed by atoms with Crippen LogP contribution in [0, 0.1) is 13.8 Å². The van der Waals surface area contributed by atoms with Gasteiger partial charge in [-0.05, 0) is 32.0 Å². The normalized spacial score (nSPS) is 10.4. The van der Waals surface area contributed by atoms with Crippen LogP contribution < -0.4 is 5.32 Å². The Bertz CT molecular complexity index is 561. The Morgan fingerprint density at radius 1 is 1.25 bits per heavy atom. The molecule has 0 radical (unpaired) electrons. The van der Waals surface area contributed by atoms with E-state index in [4.69, 9.17) is 0 Å². The predicted octanol–water partition coefficient (Wildman–Crippen LogP) is 2.21. The van der Waals surface area contributed by atoms with E-state index in [-0.39, 0.29) is 5.91 Å². The lowest BCUT2D eigenvalue weighted by molar-refractivity contribution is 0.0962. The fraction of sp³-hybridized carbons (Fsp3) is 0.231. The van der Waals surface area contributed by atoms with Gasteiger partial charge in [0.2, 0.25) is 0 Å². The topological polar surface area (TPSA) is 42.0 Å². The van der Waals surface area contributed by atoms with Crippen molar-refractivity contribution in [3.63, 3.8) is 0 Å². The van der Waals surface area contributed by atoms with Crippen molar-refractivity contribution in [3.8, 4) is 0 Å². The summed E-state index contributed by atoms with van der Waals surface area (Å²) in [6.07, 6.45) is 0. The van der Waals surface area contributed by atoms with Gasteiger partial charge in [-0.3, -0.25) is 9.78 Å². The van der Waals surface area contributed by atoms with Gasteiger partial charge in [0, 0.05) is 12.4 Å². The van der Waals surface area contributed by atoms with Gasteiger partial charge in [0.05, 0.1) is 16.8 Å². The van der Waals surface area contributed by atoms with Crippen molar-refractivity contribution in [2.24, 2.45) is 0 Å². The Balaban J connectivity index is 2.68. The predicted molar refractivity (Wildman–Crippen MR) is 64.6 cm³/mol. The van der Waals surface area contributed by atoms with Crippen molar-refractivity contribution in [2.45, 2.75) is 13.8 Å². The Labute approximate surface area is 94.5 Å². The summed E-state index contributed by atoms with van der Waals surface area (Å²) in [5, 5.41) is 3.63. The fourth-order valence-corrected chi connectivity index (χ4v) is 1.76. The van der Waals surface area contributed by atoms with E-state index in [1.165, 1.54) is 5.56 Å². The standard InChI is InChI=1S/C13H14N2O/c1-8-4-5-12-10(6-8)7-11(9(2)15-12)13(16)14-3/h4-7H,1-3H3,(H,14,16). The second kappa shape index (κ2) is 3.93. The highest BCUT2D eigenvalue weighted by Crippen LogP contribution is 2.17. The molecule has 0 fully saturated rings. The van der Waals surface area contributed by atoms with Crippen molar-refractivity contribution >= 4 is 16.8 Å². The number of pyridine rings is 1. The van der Waals surface area contributed by atoms with Crippen LogP contribution in [0.25, 0.3) is 10.9 Å². The average Bonchev–Trinajstić information content (AvgIpc) is 2.28. The van der Waals surface area contributed by atoms with E-state index in [1.54, 1.807) is 7.05 Å². The number of nitrogens with one attached hydrogen (secondary N) is 1. The third-order valence-electron chi connectivity index (χ3n) is 2.63. The highest BCUT2D eigenvalue weighted by Gasteiger charge is 2.09. The smallest absolute Gasteiger partial charge is 0.252 e. The zero-order valence-electron chi connectivity index (χ0n) is 9.66. The first kappa shape index (κ1) is 10.6. The van der Waals surface area contributed by atoms with Crippen LogP contribution >= 0.6 is 0 Å². The van der Waals surface area contributed by atoms with E-state index in [2.05, 4.69) is 10.3 Å². The van der Waals surface area contributed by atoms with Gasteiger partial charge in [0.1, 0.15) is 0 Å². The minimum atomic E-state index is -0.0894. The first-order valence-corrected chi connectivity index (χ1v) is 5.22. The van der Waals surface area contributed by atoms with Crippen molar-refractivity contribution in [2.75, 3.05) is 7.05 Å². The maximum atomic E-state index is 11.6. The Morgan fingerprint density at radius 2 is 2.00 bits per heavy atom. The van der Waals surface area contributed by atoms with E-state index in [0.717, 1.165) is 16.6 Å². The summed E-state index contributed by atoms with van der Waals surface area (Å²) in [6, 6.07) is 7.93. The second-order valence-corrected chi connectivity index (χ2v) is 3.90. The molecule has 0 unspecified atom stereocenters. The quantitative estimate of drug-likeness (QED) is 0.790. The summed E-state index contributed by atoms with van der Waals surface area (Å²) >= 11 is 0. The van der Waals surface area contributed by atoms with Gasteiger partial charge >= 0.3 is 0 Å². The Kier molecular flexibility index (Phi) is 2.60. The number of hydrogen-bond donors (Lipinski definition) is 1. The number of hydrogen-bond acceptors (Lipinski definition) is 2. The van der Waals surface area contributed by atoms with E-state index in [9.17, 15) is 4.79 Å². The van der Waals surface area contributed by atoms with E-state index in [1.807, 2.05) is 38.1 Å². The molecule has 1 aromatic carbocycles. The molecular formula is C13H14N2O. The molecule has 0 aliphatic rings. The Morgan fingerprint density at radius 3 is 2.69 bits per heavy atom. The molecule has 2 rings (SSSR count). The lowest BCUT2D eigenvalue weighted by Crippen LogP contribution is -2.19. The molecule has 0 aliphatic heterocycles. The van der Waals surface area contributed by atoms with Crippen molar-refractivity contribution < 1.29 is 4.79 Å². The SMILES string of the molecule is CNC(=O)c1cc2cc(C)ccc2nc1C. The van der Waals surface area contributed by atoms with Gasteiger partial charge in [-0.25, -0.2) is 0 Å². The number of fused-ring (bicyclic) bond motifs is 1. The van der Waals surface area contributed by atoms with E-state index >= 15 is 0 Å². The molecule has 0 saturated heterocycles. The minimum absolute atomic E-state index is 0.0894. The number of benzene rings is 1. The van der Waals surface area contributed by atoms with Gasteiger partial charge in [0.15, 0.2) is 0 Å². The van der Waals surface area contributed by atoms with E-state index in [0.29, 0.717) is 5.56 Å². The molecule has 82 valence electrons. The van der Waals surface area contributed by atoms with Gasteiger partial charge in [-0.15, -0.1) is 0 Å². The molecule has 0 atom stereocenters. The summed E-state index contributed by atoms with van der Waals surface area (Å²) in [5.41, 5.74) is 3.49. The molecule has 1 aromatic heterocycles. The summed E-state index contributed by atoms with van der Waals surface area (Å²) in [4.78, 5) is 16.0. The summed E-state index contributed by atoms with van der Waals surface area (Å²) in [7, 11) is 1.63. The molecule has 0 bridgehead atoms. The third kappa shape index (κ3) is 1.76. The molecule has 2 aromatic rings. The fourth-order valence-electron chi connectivity index (χ4n) is 1.76. The van der Waals surface area contributed by atoms with Crippen molar-refractivity contribution in [1.82, 2.24) is 10.3 Å². The number of nitrogens with zero attached hydrogens (tertiary/aromatic N) is 1. The number of rotatable bonds is 1. The lowest BCUT2D eigenvalue weighted by atomic mass is 10.1. The molecule has 0 aliphatic carbocycles.